The lowest BCUT2D eigenvalue weighted by molar-refractivity contribution is -0.133. The fourth-order valence-electron chi connectivity index (χ4n) is 3.84. The first kappa shape index (κ1) is 18.1. The normalized spacial score (nSPS) is 22.2. The Morgan fingerprint density at radius 3 is 2.48 bits per heavy atom. The second kappa shape index (κ2) is 8.19. The smallest absolute Gasteiger partial charge is 0.270 e. The van der Waals surface area contributed by atoms with Crippen LogP contribution < -0.4 is 0 Å². The van der Waals surface area contributed by atoms with Crippen molar-refractivity contribution in [2.75, 3.05) is 26.3 Å². The van der Waals surface area contributed by atoms with E-state index in [9.17, 15) is 9.59 Å². The quantitative estimate of drug-likeness (QED) is 0.809. The van der Waals surface area contributed by atoms with Crippen LogP contribution in [-0.4, -0.2) is 60.0 Å². The lowest BCUT2D eigenvalue weighted by Crippen LogP contribution is -2.46. The molecular weight excluding hydrogens is 346 g/mol. The van der Waals surface area contributed by atoms with Crippen LogP contribution in [0.3, 0.4) is 0 Å². The third kappa shape index (κ3) is 4.20. The molecule has 1 aromatic rings. The molecule has 0 aliphatic carbocycles. The molecule has 0 radical (unpaired) electrons. The van der Waals surface area contributed by atoms with Gasteiger partial charge in [-0.05, 0) is 18.4 Å². The molecule has 2 fully saturated rings. The van der Waals surface area contributed by atoms with Gasteiger partial charge in [0.25, 0.3) is 5.91 Å². The van der Waals surface area contributed by atoms with Crippen LogP contribution in [0, 0.1) is 5.92 Å². The maximum atomic E-state index is 12.9. The summed E-state index contributed by atoms with van der Waals surface area (Å²) in [6.07, 6.45) is 2.37. The van der Waals surface area contributed by atoms with E-state index in [1.54, 1.807) is 0 Å². The number of hydrogen-bond acceptors (Lipinski definition) is 5. The number of carbonyl (C=O) groups excluding carboxylic acids is 2. The SMILES string of the molecule is O=C(C1=NN(Cc2ccccc2)C(=O)CC1)N1CCC(C2OCCO2)CC1. The molecule has 3 aliphatic rings. The highest BCUT2D eigenvalue weighted by Crippen LogP contribution is 2.26. The van der Waals surface area contributed by atoms with Gasteiger partial charge in [-0.15, -0.1) is 0 Å². The third-order valence-electron chi connectivity index (χ3n) is 5.39. The Bertz CT molecular complexity index is 707. The molecule has 27 heavy (non-hydrogen) atoms. The number of hydrogen-bond donors (Lipinski definition) is 0. The van der Waals surface area contributed by atoms with Crippen molar-refractivity contribution in [2.45, 2.75) is 38.5 Å². The van der Waals surface area contributed by atoms with Gasteiger partial charge in [-0.25, -0.2) is 5.01 Å². The van der Waals surface area contributed by atoms with E-state index in [0.29, 0.717) is 57.3 Å². The number of rotatable bonds is 4. The number of likely N-dealkylation sites (tertiary alicyclic amines) is 1. The van der Waals surface area contributed by atoms with Crippen molar-refractivity contribution in [3.05, 3.63) is 35.9 Å². The second-order valence-corrected chi connectivity index (χ2v) is 7.22. The molecule has 1 aromatic carbocycles. The zero-order chi connectivity index (χ0) is 18.6. The molecule has 0 spiro atoms. The molecule has 2 saturated heterocycles. The second-order valence-electron chi connectivity index (χ2n) is 7.22. The van der Waals surface area contributed by atoms with Crippen LogP contribution >= 0.6 is 0 Å². The summed E-state index contributed by atoms with van der Waals surface area (Å²) in [5.74, 6) is 0.262. The number of piperidine rings is 1. The number of amides is 2. The van der Waals surface area contributed by atoms with Crippen molar-refractivity contribution in [3.63, 3.8) is 0 Å². The standard InChI is InChI=1S/C20H25N3O4/c24-18-7-6-17(21-23(18)14-15-4-2-1-3-5-15)19(25)22-10-8-16(9-11-22)20-26-12-13-27-20/h1-5,16,20H,6-14H2. The molecule has 2 amide bonds. The van der Waals surface area contributed by atoms with Gasteiger partial charge in [0.15, 0.2) is 6.29 Å². The molecule has 3 aliphatic heterocycles. The van der Waals surface area contributed by atoms with Crippen LogP contribution in [0.1, 0.15) is 31.2 Å². The van der Waals surface area contributed by atoms with Gasteiger partial charge in [-0.1, -0.05) is 30.3 Å². The van der Waals surface area contributed by atoms with Crippen LogP contribution in [-0.2, 0) is 25.6 Å². The molecule has 0 N–H and O–H groups in total. The van der Waals surface area contributed by atoms with Gasteiger partial charge in [-0.2, -0.15) is 5.10 Å². The van der Waals surface area contributed by atoms with Crippen molar-refractivity contribution in [1.82, 2.24) is 9.91 Å². The molecule has 4 rings (SSSR count). The van der Waals surface area contributed by atoms with Crippen molar-refractivity contribution in [2.24, 2.45) is 11.0 Å². The van der Waals surface area contributed by atoms with E-state index in [2.05, 4.69) is 5.10 Å². The molecule has 7 heteroatoms. The Labute approximate surface area is 158 Å². The van der Waals surface area contributed by atoms with E-state index in [1.165, 1.54) is 5.01 Å². The highest BCUT2D eigenvalue weighted by molar-refractivity contribution is 6.39. The molecule has 0 bridgehead atoms. The van der Waals surface area contributed by atoms with Gasteiger partial charge >= 0.3 is 0 Å². The highest BCUT2D eigenvalue weighted by atomic mass is 16.7. The largest absolute Gasteiger partial charge is 0.350 e. The first-order valence-electron chi connectivity index (χ1n) is 9.65. The van der Waals surface area contributed by atoms with Crippen molar-refractivity contribution in [1.29, 1.82) is 0 Å². The van der Waals surface area contributed by atoms with Crippen LogP contribution in [0.15, 0.2) is 35.4 Å². The first-order chi connectivity index (χ1) is 13.2. The van der Waals surface area contributed by atoms with Crippen LogP contribution in [0.25, 0.3) is 0 Å². The predicted octanol–water partition coefficient (Wildman–Crippen LogP) is 1.78. The average molecular weight is 371 g/mol. The summed E-state index contributed by atoms with van der Waals surface area (Å²) < 4.78 is 11.2. The lowest BCUT2D eigenvalue weighted by Gasteiger charge is -2.34. The summed E-state index contributed by atoms with van der Waals surface area (Å²) in [6, 6.07) is 9.71. The Hall–Kier alpha value is -2.25. The first-order valence-corrected chi connectivity index (χ1v) is 9.65. The number of hydrazone groups is 1. The van der Waals surface area contributed by atoms with Gasteiger partial charge in [0.05, 0.1) is 19.8 Å². The monoisotopic (exact) mass is 371 g/mol. The summed E-state index contributed by atoms with van der Waals surface area (Å²) in [5, 5.41) is 5.82. The summed E-state index contributed by atoms with van der Waals surface area (Å²) in [7, 11) is 0. The van der Waals surface area contributed by atoms with Gasteiger partial charge < -0.3 is 14.4 Å². The Morgan fingerprint density at radius 2 is 1.78 bits per heavy atom. The van der Waals surface area contributed by atoms with Gasteiger partial charge in [0, 0.05) is 31.8 Å². The van der Waals surface area contributed by atoms with E-state index < -0.39 is 0 Å². The summed E-state index contributed by atoms with van der Waals surface area (Å²) in [5.41, 5.74) is 1.48. The van der Waals surface area contributed by atoms with E-state index in [1.807, 2.05) is 35.2 Å². The van der Waals surface area contributed by atoms with Crippen molar-refractivity contribution >= 4 is 17.5 Å². The Morgan fingerprint density at radius 1 is 1.07 bits per heavy atom. The zero-order valence-electron chi connectivity index (χ0n) is 15.4. The molecular formula is C20H25N3O4. The lowest BCUT2D eigenvalue weighted by atomic mass is 9.95. The van der Waals surface area contributed by atoms with E-state index >= 15 is 0 Å². The summed E-state index contributed by atoms with van der Waals surface area (Å²) in [6.45, 7) is 3.07. The number of benzene rings is 1. The number of ether oxygens (including phenoxy) is 2. The Balaban J connectivity index is 1.37. The minimum Gasteiger partial charge on any atom is -0.350 e. The third-order valence-corrected chi connectivity index (χ3v) is 5.39. The maximum absolute atomic E-state index is 12.9. The molecule has 0 aromatic heterocycles. The molecule has 0 atom stereocenters. The average Bonchev–Trinajstić information content (AvgIpc) is 3.25. The summed E-state index contributed by atoms with van der Waals surface area (Å²) in [4.78, 5) is 26.9. The minimum absolute atomic E-state index is 0.0374. The zero-order valence-corrected chi connectivity index (χ0v) is 15.4. The molecule has 0 unspecified atom stereocenters. The van der Waals surface area contributed by atoms with Crippen molar-refractivity contribution < 1.29 is 19.1 Å². The number of carbonyl (C=O) groups is 2. The van der Waals surface area contributed by atoms with E-state index in [4.69, 9.17) is 9.47 Å². The minimum atomic E-state index is -0.117. The van der Waals surface area contributed by atoms with Crippen LogP contribution in [0.2, 0.25) is 0 Å². The highest BCUT2D eigenvalue weighted by Gasteiger charge is 2.34. The van der Waals surface area contributed by atoms with Crippen LogP contribution in [0.5, 0.6) is 0 Å². The van der Waals surface area contributed by atoms with Gasteiger partial charge in [-0.3, -0.25) is 9.59 Å². The molecule has 7 nitrogen and oxygen atoms in total. The van der Waals surface area contributed by atoms with Crippen molar-refractivity contribution in [3.8, 4) is 0 Å². The predicted molar refractivity (Wildman–Crippen MR) is 98.7 cm³/mol. The van der Waals surface area contributed by atoms with E-state index in [-0.39, 0.29) is 18.1 Å². The fraction of sp³-hybridized carbons (Fsp3) is 0.550. The van der Waals surface area contributed by atoms with E-state index in [0.717, 1.165) is 18.4 Å². The molecule has 144 valence electrons. The molecule has 3 heterocycles. The fourth-order valence-corrected chi connectivity index (χ4v) is 3.84. The Kier molecular flexibility index (Phi) is 5.50. The maximum Gasteiger partial charge on any atom is 0.270 e. The van der Waals surface area contributed by atoms with Gasteiger partial charge in [0.1, 0.15) is 5.71 Å². The molecule has 0 saturated carbocycles. The van der Waals surface area contributed by atoms with Gasteiger partial charge in [0.2, 0.25) is 5.91 Å². The topological polar surface area (TPSA) is 71.4 Å². The van der Waals surface area contributed by atoms with Crippen LogP contribution in [0.4, 0.5) is 0 Å². The number of nitrogens with zero attached hydrogens (tertiary/aromatic N) is 3. The summed E-state index contributed by atoms with van der Waals surface area (Å²) >= 11 is 0.